The number of anilines is 2. The number of morpholine rings is 1. The summed E-state index contributed by atoms with van der Waals surface area (Å²) in [6.45, 7) is 4.14. The van der Waals surface area contributed by atoms with Crippen molar-refractivity contribution in [3.63, 3.8) is 0 Å². The van der Waals surface area contributed by atoms with Crippen molar-refractivity contribution in [1.29, 1.82) is 0 Å². The molecule has 2 aliphatic heterocycles. The Kier molecular flexibility index (Phi) is 6.21. The Morgan fingerprint density at radius 3 is 2.61 bits per heavy atom. The van der Waals surface area contributed by atoms with Gasteiger partial charge in [-0.2, -0.15) is 0 Å². The average Bonchev–Trinajstić information content (AvgIpc) is 2.89. The van der Waals surface area contributed by atoms with Gasteiger partial charge in [-0.15, -0.1) is 0 Å². The molecular weight excluding hydrogens is 416 g/mol. The van der Waals surface area contributed by atoms with Gasteiger partial charge in [0.15, 0.2) is 0 Å². The first kappa shape index (κ1) is 21.4. The summed E-state index contributed by atoms with van der Waals surface area (Å²) >= 11 is 0. The molecule has 3 aromatic rings. The van der Waals surface area contributed by atoms with E-state index in [1.165, 1.54) is 0 Å². The zero-order valence-electron chi connectivity index (χ0n) is 18.6. The molecule has 1 aromatic heterocycles. The summed E-state index contributed by atoms with van der Waals surface area (Å²) in [5.41, 5.74) is 1.37. The zero-order valence-corrected chi connectivity index (χ0v) is 18.6. The Hall–Kier alpha value is -3.45. The number of hydrogen-bond acceptors (Lipinski definition) is 5. The number of nitrogens with zero attached hydrogens (tertiary/aromatic N) is 3. The third-order valence-corrected chi connectivity index (χ3v) is 6.45. The fourth-order valence-corrected chi connectivity index (χ4v) is 4.64. The molecule has 1 unspecified atom stereocenters. The van der Waals surface area contributed by atoms with Crippen LogP contribution >= 0.6 is 0 Å². The highest BCUT2D eigenvalue weighted by Gasteiger charge is 2.29. The molecule has 2 saturated heterocycles. The second-order valence-corrected chi connectivity index (χ2v) is 8.61. The van der Waals surface area contributed by atoms with E-state index in [0.29, 0.717) is 37.6 Å². The van der Waals surface area contributed by atoms with Crippen molar-refractivity contribution in [3.8, 4) is 0 Å². The van der Waals surface area contributed by atoms with Crippen LogP contribution in [0.4, 0.5) is 11.5 Å². The zero-order chi connectivity index (χ0) is 22.6. The van der Waals surface area contributed by atoms with E-state index in [9.17, 15) is 9.59 Å². The molecule has 0 saturated carbocycles. The number of likely N-dealkylation sites (tertiary alicyclic amines) is 1. The summed E-state index contributed by atoms with van der Waals surface area (Å²) in [5, 5.41) is 4.98. The molecule has 33 heavy (non-hydrogen) atoms. The number of ether oxygens (including phenoxy) is 1. The molecule has 0 bridgehead atoms. The van der Waals surface area contributed by atoms with E-state index in [1.54, 1.807) is 6.20 Å². The van der Waals surface area contributed by atoms with Crippen LogP contribution < -0.4 is 10.2 Å². The van der Waals surface area contributed by atoms with E-state index < -0.39 is 0 Å². The van der Waals surface area contributed by atoms with Crippen LogP contribution in [0.5, 0.6) is 0 Å². The maximum absolute atomic E-state index is 13.3. The third-order valence-electron chi connectivity index (χ3n) is 6.45. The van der Waals surface area contributed by atoms with Crippen molar-refractivity contribution < 1.29 is 14.3 Å². The molecule has 2 amide bonds. The SMILES string of the molecule is O=C(Nc1ccc(N2CCOCC2)nc1)C1CCCN(C(=O)c2cccc3ccccc23)C1. The van der Waals surface area contributed by atoms with Crippen LogP contribution in [0.1, 0.15) is 23.2 Å². The Labute approximate surface area is 193 Å². The van der Waals surface area contributed by atoms with Crippen molar-refractivity contribution in [2.45, 2.75) is 12.8 Å². The summed E-state index contributed by atoms with van der Waals surface area (Å²) in [6, 6.07) is 17.5. The summed E-state index contributed by atoms with van der Waals surface area (Å²) in [5.74, 6) is 0.574. The predicted octanol–water partition coefficient (Wildman–Crippen LogP) is 3.56. The molecule has 3 heterocycles. The lowest BCUT2D eigenvalue weighted by atomic mass is 9.95. The van der Waals surface area contributed by atoms with Crippen molar-refractivity contribution in [3.05, 3.63) is 66.4 Å². The first-order valence-corrected chi connectivity index (χ1v) is 11.6. The molecule has 170 valence electrons. The number of rotatable bonds is 4. The molecule has 1 N–H and O–H groups in total. The van der Waals surface area contributed by atoms with Gasteiger partial charge in [-0.05, 0) is 41.8 Å². The smallest absolute Gasteiger partial charge is 0.254 e. The standard InChI is InChI=1S/C26H28N4O3/c31-25(28-21-10-11-24(27-17-21)29-13-15-33-16-14-29)20-7-4-12-30(18-20)26(32)23-9-3-6-19-5-1-2-8-22(19)23/h1-3,5-6,8-11,17,20H,4,7,12-16,18H2,(H,28,31). The van der Waals surface area contributed by atoms with Crippen LogP contribution in [-0.2, 0) is 9.53 Å². The summed E-state index contributed by atoms with van der Waals surface area (Å²) in [6.07, 6.45) is 3.28. The molecule has 0 aliphatic carbocycles. The number of carbonyl (C=O) groups excluding carboxylic acids is 2. The number of aromatic nitrogens is 1. The fraction of sp³-hybridized carbons (Fsp3) is 0.346. The van der Waals surface area contributed by atoms with E-state index in [1.807, 2.05) is 59.5 Å². The predicted molar refractivity (Wildman–Crippen MR) is 128 cm³/mol. The number of nitrogens with one attached hydrogen (secondary N) is 1. The van der Waals surface area contributed by atoms with Crippen LogP contribution in [-0.4, -0.2) is 61.1 Å². The van der Waals surface area contributed by atoms with Crippen LogP contribution in [0.25, 0.3) is 10.8 Å². The number of fused-ring (bicyclic) bond motifs is 1. The van der Waals surface area contributed by atoms with Gasteiger partial charge < -0.3 is 19.9 Å². The second-order valence-electron chi connectivity index (χ2n) is 8.61. The van der Waals surface area contributed by atoms with Gasteiger partial charge in [0.25, 0.3) is 5.91 Å². The van der Waals surface area contributed by atoms with Gasteiger partial charge in [-0.3, -0.25) is 9.59 Å². The molecular formula is C26H28N4O3. The van der Waals surface area contributed by atoms with E-state index in [2.05, 4.69) is 15.2 Å². The molecule has 2 aromatic carbocycles. The first-order chi connectivity index (χ1) is 16.2. The minimum Gasteiger partial charge on any atom is -0.378 e. The van der Waals surface area contributed by atoms with E-state index >= 15 is 0 Å². The van der Waals surface area contributed by atoms with Crippen LogP contribution in [0.15, 0.2) is 60.8 Å². The van der Waals surface area contributed by atoms with Gasteiger partial charge in [0.05, 0.1) is 31.0 Å². The molecule has 7 heteroatoms. The van der Waals surface area contributed by atoms with Gasteiger partial charge in [0, 0.05) is 31.7 Å². The van der Waals surface area contributed by atoms with Gasteiger partial charge in [0.1, 0.15) is 5.82 Å². The van der Waals surface area contributed by atoms with Crippen molar-refractivity contribution >= 4 is 34.1 Å². The van der Waals surface area contributed by atoms with Crippen LogP contribution in [0, 0.1) is 5.92 Å². The Bertz CT molecular complexity index is 1140. The molecule has 0 radical (unpaired) electrons. The van der Waals surface area contributed by atoms with E-state index in [-0.39, 0.29) is 17.7 Å². The van der Waals surface area contributed by atoms with Crippen LogP contribution in [0.2, 0.25) is 0 Å². The Morgan fingerprint density at radius 2 is 1.79 bits per heavy atom. The number of carbonyl (C=O) groups is 2. The largest absolute Gasteiger partial charge is 0.378 e. The number of benzene rings is 2. The number of hydrogen-bond donors (Lipinski definition) is 1. The highest BCUT2D eigenvalue weighted by molar-refractivity contribution is 6.07. The minimum absolute atomic E-state index is 0.0131. The van der Waals surface area contributed by atoms with Crippen LogP contribution in [0.3, 0.4) is 0 Å². The molecule has 2 aliphatic rings. The number of amides is 2. The normalized spacial score (nSPS) is 18.8. The lowest BCUT2D eigenvalue weighted by Crippen LogP contribution is -2.43. The third kappa shape index (κ3) is 4.68. The highest BCUT2D eigenvalue weighted by atomic mass is 16.5. The van der Waals surface area contributed by atoms with Gasteiger partial charge >= 0.3 is 0 Å². The van der Waals surface area contributed by atoms with E-state index in [0.717, 1.165) is 42.5 Å². The lowest BCUT2D eigenvalue weighted by Gasteiger charge is -2.32. The molecule has 7 nitrogen and oxygen atoms in total. The second kappa shape index (κ2) is 9.58. The average molecular weight is 445 g/mol. The summed E-state index contributed by atoms with van der Waals surface area (Å²) < 4.78 is 5.39. The Balaban J connectivity index is 1.24. The summed E-state index contributed by atoms with van der Waals surface area (Å²) in [7, 11) is 0. The van der Waals surface area contributed by atoms with Gasteiger partial charge in [0.2, 0.25) is 5.91 Å². The monoisotopic (exact) mass is 444 g/mol. The highest BCUT2D eigenvalue weighted by Crippen LogP contribution is 2.24. The van der Waals surface area contributed by atoms with Gasteiger partial charge in [-0.1, -0.05) is 36.4 Å². The van der Waals surface area contributed by atoms with E-state index in [4.69, 9.17) is 4.74 Å². The maximum atomic E-state index is 13.3. The first-order valence-electron chi connectivity index (χ1n) is 11.6. The number of pyridine rings is 1. The summed E-state index contributed by atoms with van der Waals surface area (Å²) in [4.78, 5) is 34.8. The quantitative estimate of drug-likeness (QED) is 0.666. The molecule has 1 atom stereocenters. The van der Waals surface area contributed by atoms with Crippen molar-refractivity contribution in [2.24, 2.45) is 5.92 Å². The fourth-order valence-electron chi connectivity index (χ4n) is 4.64. The van der Waals surface area contributed by atoms with Gasteiger partial charge in [-0.25, -0.2) is 4.98 Å². The minimum atomic E-state index is -0.239. The molecule has 5 rings (SSSR count). The molecule has 0 spiro atoms. The molecule has 2 fully saturated rings. The van der Waals surface area contributed by atoms with Crippen molar-refractivity contribution in [2.75, 3.05) is 49.6 Å². The Morgan fingerprint density at radius 1 is 0.970 bits per heavy atom. The maximum Gasteiger partial charge on any atom is 0.254 e. The van der Waals surface area contributed by atoms with Crippen molar-refractivity contribution in [1.82, 2.24) is 9.88 Å². The topological polar surface area (TPSA) is 74.8 Å². The number of piperidine rings is 1. The lowest BCUT2D eigenvalue weighted by molar-refractivity contribution is -0.121.